The lowest BCUT2D eigenvalue weighted by Gasteiger charge is -2.40. The van der Waals surface area contributed by atoms with E-state index in [-0.39, 0.29) is 0 Å². The van der Waals surface area contributed by atoms with E-state index in [1.54, 1.807) is 0 Å². The second-order valence-electron chi connectivity index (χ2n) is 6.80. The highest BCUT2D eigenvalue weighted by Gasteiger charge is 2.34. The highest BCUT2D eigenvalue weighted by Crippen LogP contribution is 2.44. The summed E-state index contributed by atoms with van der Waals surface area (Å²) in [6.45, 7) is 10.9. The smallest absolute Gasteiger partial charge is 0.0594 e. The summed E-state index contributed by atoms with van der Waals surface area (Å²) < 4.78 is 0. The molecule has 2 unspecified atom stereocenters. The van der Waals surface area contributed by atoms with Gasteiger partial charge in [-0.2, -0.15) is 0 Å². The molecule has 0 bridgehead atoms. The Bertz CT molecular complexity index is 186. The molecule has 84 valence electrons. The van der Waals surface area contributed by atoms with Gasteiger partial charge >= 0.3 is 0 Å². The zero-order valence-electron chi connectivity index (χ0n) is 10.4. The molecule has 0 aromatic carbocycles. The van der Waals surface area contributed by atoms with Gasteiger partial charge in [-0.3, -0.25) is 0 Å². The van der Waals surface area contributed by atoms with Crippen LogP contribution in [0.1, 0.15) is 60.3 Å². The molecule has 1 heteroatoms. The summed E-state index contributed by atoms with van der Waals surface area (Å²) in [4.78, 5) is 0. The number of hydrogen-bond acceptors (Lipinski definition) is 1. The molecule has 0 aromatic heterocycles. The quantitative estimate of drug-likeness (QED) is 0.718. The van der Waals surface area contributed by atoms with Crippen LogP contribution in [0, 0.1) is 17.3 Å². The standard InChI is InChI=1S/C13H26O/c1-10-6-11(9-13(4,5)14)8-12(2,3)7-10/h10-11,14H,6-9H2,1-5H3. The van der Waals surface area contributed by atoms with Crippen molar-refractivity contribution in [2.75, 3.05) is 0 Å². The second kappa shape index (κ2) is 3.84. The number of hydrogen-bond donors (Lipinski definition) is 1. The van der Waals surface area contributed by atoms with Crippen LogP contribution < -0.4 is 0 Å². The molecule has 1 nitrogen and oxygen atoms in total. The minimum atomic E-state index is -0.488. The van der Waals surface area contributed by atoms with E-state index in [9.17, 15) is 5.11 Å². The summed E-state index contributed by atoms with van der Waals surface area (Å²) in [6.07, 6.45) is 4.88. The van der Waals surface area contributed by atoms with E-state index in [2.05, 4.69) is 20.8 Å². The lowest BCUT2D eigenvalue weighted by molar-refractivity contribution is 0.0227. The van der Waals surface area contributed by atoms with Crippen LogP contribution in [0.3, 0.4) is 0 Å². The predicted octanol–water partition coefficient (Wildman–Crippen LogP) is 3.61. The van der Waals surface area contributed by atoms with Gasteiger partial charge in [0.1, 0.15) is 0 Å². The molecule has 0 saturated heterocycles. The molecule has 0 heterocycles. The Hall–Kier alpha value is -0.0400. The normalized spacial score (nSPS) is 33.0. The summed E-state index contributed by atoms with van der Waals surface area (Å²) >= 11 is 0. The topological polar surface area (TPSA) is 20.2 Å². The molecule has 1 aliphatic rings. The van der Waals surface area contributed by atoms with Crippen molar-refractivity contribution in [3.63, 3.8) is 0 Å². The second-order valence-corrected chi connectivity index (χ2v) is 6.80. The molecule has 0 radical (unpaired) electrons. The summed E-state index contributed by atoms with van der Waals surface area (Å²) in [5.41, 5.74) is -0.00854. The Kier molecular flexibility index (Phi) is 3.30. The number of rotatable bonds is 2. The van der Waals surface area contributed by atoms with Crippen LogP contribution in [0.25, 0.3) is 0 Å². The number of aliphatic hydroxyl groups is 1. The maximum atomic E-state index is 9.83. The Labute approximate surface area is 88.9 Å². The van der Waals surface area contributed by atoms with Crippen molar-refractivity contribution in [3.8, 4) is 0 Å². The average Bonchev–Trinajstić information content (AvgIpc) is 1.74. The van der Waals surface area contributed by atoms with Crippen molar-refractivity contribution in [3.05, 3.63) is 0 Å². The molecular weight excluding hydrogens is 172 g/mol. The first-order valence-corrected chi connectivity index (χ1v) is 5.90. The van der Waals surface area contributed by atoms with Gasteiger partial charge < -0.3 is 5.11 Å². The van der Waals surface area contributed by atoms with Gasteiger partial charge in [-0.15, -0.1) is 0 Å². The largest absolute Gasteiger partial charge is 0.390 e. The van der Waals surface area contributed by atoms with E-state index in [4.69, 9.17) is 0 Å². The monoisotopic (exact) mass is 198 g/mol. The Balaban J connectivity index is 2.54. The molecule has 14 heavy (non-hydrogen) atoms. The van der Waals surface area contributed by atoms with E-state index in [1.807, 2.05) is 13.8 Å². The van der Waals surface area contributed by atoms with Gasteiger partial charge in [-0.25, -0.2) is 0 Å². The first-order valence-electron chi connectivity index (χ1n) is 5.90. The molecule has 0 aromatic rings. The lowest BCUT2D eigenvalue weighted by atomic mass is 9.66. The SMILES string of the molecule is CC1CC(CC(C)(C)O)CC(C)(C)C1. The van der Waals surface area contributed by atoms with Crippen molar-refractivity contribution in [2.24, 2.45) is 17.3 Å². The van der Waals surface area contributed by atoms with Crippen molar-refractivity contribution in [1.82, 2.24) is 0 Å². The van der Waals surface area contributed by atoms with Crippen LogP contribution in [0.5, 0.6) is 0 Å². The van der Waals surface area contributed by atoms with Gasteiger partial charge in [0.25, 0.3) is 0 Å². The van der Waals surface area contributed by atoms with Crippen LogP contribution >= 0.6 is 0 Å². The summed E-state index contributed by atoms with van der Waals surface area (Å²) in [5, 5.41) is 9.83. The van der Waals surface area contributed by atoms with E-state index < -0.39 is 5.60 Å². The summed E-state index contributed by atoms with van der Waals surface area (Å²) in [5.74, 6) is 1.54. The van der Waals surface area contributed by atoms with Crippen molar-refractivity contribution in [1.29, 1.82) is 0 Å². The highest BCUT2D eigenvalue weighted by molar-refractivity contribution is 4.85. The van der Waals surface area contributed by atoms with Crippen LogP contribution in [-0.2, 0) is 0 Å². The lowest BCUT2D eigenvalue weighted by Crippen LogP contribution is -2.32. The predicted molar refractivity (Wildman–Crippen MR) is 61.2 cm³/mol. The fourth-order valence-corrected chi connectivity index (χ4v) is 3.41. The minimum Gasteiger partial charge on any atom is -0.390 e. The molecule has 1 aliphatic carbocycles. The maximum Gasteiger partial charge on any atom is 0.0594 e. The van der Waals surface area contributed by atoms with Gasteiger partial charge in [0.15, 0.2) is 0 Å². The fraction of sp³-hybridized carbons (Fsp3) is 1.00. The van der Waals surface area contributed by atoms with Gasteiger partial charge in [0.2, 0.25) is 0 Å². The van der Waals surface area contributed by atoms with Gasteiger partial charge in [-0.1, -0.05) is 20.8 Å². The van der Waals surface area contributed by atoms with Gasteiger partial charge in [-0.05, 0) is 56.8 Å². The van der Waals surface area contributed by atoms with Crippen LogP contribution in [0.2, 0.25) is 0 Å². The molecule has 1 saturated carbocycles. The molecule has 2 atom stereocenters. The van der Waals surface area contributed by atoms with E-state index >= 15 is 0 Å². The molecule has 1 N–H and O–H groups in total. The average molecular weight is 198 g/mol. The Morgan fingerprint density at radius 3 is 2.29 bits per heavy atom. The first kappa shape index (κ1) is 12.0. The van der Waals surface area contributed by atoms with Crippen molar-refractivity contribution >= 4 is 0 Å². The molecule has 0 amide bonds. The highest BCUT2D eigenvalue weighted by atomic mass is 16.3. The molecule has 0 aliphatic heterocycles. The Morgan fingerprint density at radius 1 is 1.29 bits per heavy atom. The zero-order valence-corrected chi connectivity index (χ0v) is 10.4. The minimum absolute atomic E-state index is 0.480. The first-order chi connectivity index (χ1) is 6.18. The molecule has 0 spiro atoms. The van der Waals surface area contributed by atoms with Crippen molar-refractivity contribution in [2.45, 2.75) is 65.9 Å². The van der Waals surface area contributed by atoms with Crippen LogP contribution in [0.4, 0.5) is 0 Å². The fourth-order valence-electron chi connectivity index (χ4n) is 3.41. The molecular formula is C13H26O. The van der Waals surface area contributed by atoms with Gasteiger partial charge in [0, 0.05) is 0 Å². The third-order valence-electron chi connectivity index (χ3n) is 3.27. The van der Waals surface area contributed by atoms with E-state index in [0.29, 0.717) is 11.3 Å². The van der Waals surface area contributed by atoms with Crippen molar-refractivity contribution < 1.29 is 5.11 Å². The summed E-state index contributed by atoms with van der Waals surface area (Å²) in [6, 6.07) is 0. The zero-order chi connectivity index (χ0) is 11.0. The third-order valence-corrected chi connectivity index (χ3v) is 3.27. The summed E-state index contributed by atoms with van der Waals surface area (Å²) in [7, 11) is 0. The van der Waals surface area contributed by atoms with Crippen LogP contribution in [0.15, 0.2) is 0 Å². The van der Waals surface area contributed by atoms with Gasteiger partial charge in [0.05, 0.1) is 5.60 Å². The molecule has 1 rings (SSSR count). The Morgan fingerprint density at radius 2 is 1.86 bits per heavy atom. The molecule has 1 fully saturated rings. The van der Waals surface area contributed by atoms with E-state index in [0.717, 1.165) is 12.3 Å². The van der Waals surface area contributed by atoms with E-state index in [1.165, 1.54) is 19.3 Å². The maximum absolute atomic E-state index is 9.83. The van der Waals surface area contributed by atoms with Crippen LogP contribution in [-0.4, -0.2) is 10.7 Å². The third kappa shape index (κ3) is 4.00.